The maximum atomic E-state index is 11.5. The Bertz CT molecular complexity index is 839. The first-order valence-electron chi connectivity index (χ1n) is 10.0. The van der Waals surface area contributed by atoms with Gasteiger partial charge in [-0.2, -0.15) is 0 Å². The molecule has 0 saturated carbocycles. The number of thioether (sulfide) groups is 1. The van der Waals surface area contributed by atoms with E-state index in [4.69, 9.17) is 10.5 Å². The van der Waals surface area contributed by atoms with Crippen molar-refractivity contribution in [3.63, 3.8) is 0 Å². The summed E-state index contributed by atoms with van der Waals surface area (Å²) >= 11 is 1.75. The third kappa shape index (κ3) is 7.69. The number of carbonyl (C=O) groups is 2. The fourth-order valence-electron chi connectivity index (χ4n) is 2.99. The average molecular weight is 427 g/mol. The summed E-state index contributed by atoms with van der Waals surface area (Å²) in [6.07, 6.45) is 6.84. The van der Waals surface area contributed by atoms with Gasteiger partial charge < -0.3 is 15.4 Å². The van der Waals surface area contributed by atoms with Gasteiger partial charge in [0, 0.05) is 31.2 Å². The molecule has 2 amide bonds. The molecule has 0 spiro atoms. The molecular formula is C24H30N2O3S. The molecule has 1 aliphatic rings. The lowest BCUT2D eigenvalue weighted by atomic mass is 10.1. The predicted molar refractivity (Wildman–Crippen MR) is 125 cm³/mol. The molecule has 160 valence electrons. The summed E-state index contributed by atoms with van der Waals surface area (Å²) in [5.74, 6) is 0.706. The van der Waals surface area contributed by atoms with Crippen LogP contribution in [0, 0.1) is 0 Å². The Labute approximate surface area is 183 Å². The van der Waals surface area contributed by atoms with Crippen LogP contribution < -0.4 is 10.6 Å². The molecule has 3 rings (SSSR count). The number of ether oxygens (including phenoxy) is 1. The van der Waals surface area contributed by atoms with E-state index in [1.54, 1.807) is 16.7 Å². The number of carbonyl (C=O) groups excluding carboxylic acids is 2. The molecule has 2 aromatic carbocycles. The minimum Gasteiger partial charge on any atom is -0.372 e. The van der Waals surface area contributed by atoms with Crippen molar-refractivity contribution in [1.82, 2.24) is 0 Å². The second kappa shape index (κ2) is 12.9. The summed E-state index contributed by atoms with van der Waals surface area (Å²) in [5.41, 5.74) is 7.39. The zero-order valence-corrected chi connectivity index (χ0v) is 18.4. The van der Waals surface area contributed by atoms with E-state index in [1.165, 1.54) is 17.6 Å². The first-order chi connectivity index (χ1) is 14.5. The van der Waals surface area contributed by atoms with Crippen LogP contribution in [0.15, 0.2) is 65.6 Å². The highest BCUT2D eigenvalue weighted by Gasteiger charge is 2.18. The van der Waals surface area contributed by atoms with Crippen LogP contribution in [-0.2, 0) is 14.3 Å². The minimum atomic E-state index is -0.458. The highest BCUT2D eigenvalue weighted by Crippen LogP contribution is 2.32. The number of primary amides is 1. The van der Waals surface area contributed by atoms with Crippen molar-refractivity contribution >= 4 is 35.3 Å². The van der Waals surface area contributed by atoms with Gasteiger partial charge in [-0.3, -0.25) is 9.59 Å². The molecule has 30 heavy (non-hydrogen) atoms. The van der Waals surface area contributed by atoms with Crippen LogP contribution in [0.2, 0.25) is 0 Å². The van der Waals surface area contributed by atoms with Gasteiger partial charge in [-0.05, 0) is 37.0 Å². The molecule has 1 atom stereocenters. The van der Waals surface area contributed by atoms with E-state index >= 15 is 0 Å². The molecule has 6 heteroatoms. The Hall–Kier alpha value is -2.57. The number of rotatable bonds is 7. The fraction of sp³-hybridized carbons (Fsp3) is 0.333. The van der Waals surface area contributed by atoms with Crippen LogP contribution in [-0.4, -0.2) is 37.8 Å². The first-order valence-corrected chi connectivity index (χ1v) is 11.0. The summed E-state index contributed by atoms with van der Waals surface area (Å²) in [6.45, 7) is 0. The van der Waals surface area contributed by atoms with Gasteiger partial charge in [0.2, 0.25) is 11.8 Å². The lowest BCUT2D eigenvalue weighted by Gasteiger charge is -2.16. The van der Waals surface area contributed by atoms with E-state index in [1.807, 2.05) is 43.4 Å². The highest BCUT2D eigenvalue weighted by atomic mass is 32.2. The number of unbranched alkanes of at least 4 members (excludes halogenated alkanes) is 1. The second-order valence-corrected chi connectivity index (χ2v) is 8.03. The first kappa shape index (κ1) is 23.7. The molecule has 0 radical (unpaired) electrons. The largest absolute Gasteiger partial charge is 0.372 e. The van der Waals surface area contributed by atoms with E-state index in [0.29, 0.717) is 12.8 Å². The van der Waals surface area contributed by atoms with Crippen LogP contribution in [0.4, 0.5) is 5.69 Å². The van der Waals surface area contributed by atoms with Gasteiger partial charge in [0.25, 0.3) is 0 Å². The molecule has 5 nitrogen and oxygen atoms in total. The molecule has 1 unspecified atom stereocenters. The quantitative estimate of drug-likeness (QED) is 0.661. The number of nitrogens with zero attached hydrogens (tertiary/aromatic N) is 1. The van der Waals surface area contributed by atoms with Gasteiger partial charge in [0.05, 0.1) is 5.69 Å². The number of allylic oxidation sites excluding steroid dienone is 1. The summed E-state index contributed by atoms with van der Waals surface area (Å²) in [6, 6.07) is 18.1. The van der Waals surface area contributed by atoms with E-state index < -0.39 is 6.10 Å². The monoisotopic (exact) mass is 426 g/mol. The molecule has 2 N–H and O–H groups in total. The smallest absolute Gasteiger partial charge is 0.246 e. The number of anilines is 1. The number of methoxy groups -OCH3 is 1. The third-order valence-electron chi connectivity index (χ3n) is 4.72. The van der Waals surface area contributed by atoms with Crippen LogP contribution >= 0.6 is 11.8 Å². The number of hydrogen-bond acceptors (Lipinski definition) is 4. The molecule has 0 aliphatic carbocycles. The van der Waals surface area contributed by atoms with Crippen molar-refractivity contribution in [3.05, 3.63) is 66.2 Å². The Kier molecular flexibility index (Phi) is 10.2. The Morgan fingerprint density at radius 2 is 1.90 bits per heavy atom. The van der Waals surface area contributed by atoms with Gasteiger partial charge in [-0.25, -0.2) is 0 Å². The minimum absolute atomic E-state index is 0.206. The average Bonchev–Trinajstić information content (AvgIpc) is 2.90. The Morgan fingerprint density at radius 3 is 2.60 bits per heavy atom. The zero-order chi connectivity index (χ0) is 21.8. The number of hydrogen-bond donors (Lipinski definition) is 1. The van der Waals surface area contributed by atoms with Gasteiger partial charge in [0.1, 0.15) is 6.10 Å². The third-order valence-corrected chi connectivity index (χ3v) is 5.79. The Morgan fingerprint density at radius 1 is 1.20 bits per heavy atom. The second-order valence-electron chi connectivity index (χ2n) is 6.89. The maximum absolute atomic E-state index is 11.5. The van der Waals surface area contributed by atoms with Gasteiger partial charge in [-0.15, -0.1) is 11.8 Å². The Balaban J connectivity index is 0.000000220. The fourth-order valence-corrected chi connectivity index (χ4v) is 4.01. The van der Waals surface area contributed by atoms with E-state index in [0.717, 1.165) is 24.3 Å². The van der Waals surface area contributed by atoms with Crippen molar-refractivity contribution in [2.75, 3.05) is 24.8 Å². The van der Waals surface area contributed by atoms with Gasteiger partial charge in [-0.1, -0.05) is 54.6 Å². The summed E-state index contributed by atoms with van der Waals surface area (Å²) < 4.78 is 4.98. The highest BCUT2D eigenvalue weighted by molar-refractivity contribution is 7.99. The molecule has 2 aromatic rings. The summed E-state index contributed by atoms with van der Waals surface area (Å²) in [7, 11) is 3.35. The molecule has 0 bridgehead atoms. The van der Waals surface area contributed by atoms with E-state index in [2.05, 4.69) is 30.4 Å². The topological polar surface area (TPSA) is 72.6 Å². The van der Waals surface area contributed by atoms with Crippen LogP contribution in [0.3, 0.4) is 0 Å². The predicted octanol–water partition coefficient (Wildman–Crippen LogP) is 4.52. The summed E-state index contributed by atoms with van der Waals surface area (Å²) in [5, 5.41) is 0. The molecule has 1 aliphatic heterocycles. The van der Waals surface area contributed by atoms with Crippen molar-refractivity contribution in [3.8, 4) is 0 Å². The van der Waals surface area contributed by atoms with Crippen molar-refractivity contribution in [2.24, 2.45) is 5.73 Å². The number of para-hydroxylation sites is 1. The zero-order valence-electron chi connectivity index (χ0n) is 17.6. The lowest BCUT2D eigenvalue weighted by Crippen LogP contribution is -2.29. The van der Waals surface area contributed by atoms with Crippen LogP contribution in [0.1, 0.15) is 31.2 Å². The van der Waals surface area contributed by atoms with Gasteiger partial charge in [0.15, 0.2) is 0 Å². The molecule has 1 heterocycles. The number of nitrogens with two attached hydrogens (primary N) is 1. The van der Waals surface area contributed by atoms with Crippen molar-refractivity contribution < 1.29 is 14.3 Å². The normalized spacial score (nSPS) is 14.5. The summed E-state index contributed by atoms with van der Waals surface area (Å²) in [4.78, 5) is 25.3. The number of benzene rings is 2. The van der Waals surface area contributed by atoms with Crippen LogP contribution in [0.5, 0.6) is 0 Å². The number of amides is 2. The molecular weight excluding hydrogens is 396 g/mol. The van der Waals surface area contributed by atoms with Crippen LogP contribution in [0.25, 0.3) is 6.08 Å². The van der Waals surface area contributed by atoms with Gasteiger partial charge >= 0.3 is 0 Å². The van der Waals surface area contributed by atoms with E-state index in [9.17, 15) is 9.59 Å². The van der Waals surface area contributed by atoms with Crippen molar-refractivity contribution in [2.45, 2.75) is 36.7 Å². The maximum Gasteiger partial charge on any atom is 0.246 e. The van der Waals surface area contributed by atoms with E-state index in [-0.39, 0.29) is 11.8 Å². The molecule has 0 fully saturated rings. The lowest BCUT2D eigenvalue weighted by molar-refractivity contribution is -0.128. The SMILES string of the molecule is CN1C(=O)CCSc2ccccc21.COC(CCC/C=C/c1ccccc1)C(N)=O. The standard InChI is InChI=1S/C14H19NO2.C10H11NOS/c1-17-13(14(15)16)11-7-3-6-10-12-8-4-2-5-9-12;1-11-8-4-2-3-5-9(8)13-7-6-10(11)12/h2,4-6,8-10,13H,3,7,11H2,1H3,(H2,15,16);2-5H,6-7H2,1H3/b10-6+;. The molecule has 0 saturated heterocycles. The molecule has 0 aromatic heterocycles. The van der Waals surface area contributed by atoms with Crippen molar-refractivity contribution in [1.29, 1.82) is 0 Å². The number of fused-ring (bicyclic) bond motifs is 1.